The number of amides is 1. The zero-order valence-electron chi connectivity index (χ0n) is 14.2. The molecule has 1 aliphatic heterocycles. The number of rotatable bonds is 6. The summed E-state index contributed by atoms with van der Waals surface area (Å²) in [7, 11) is 0. The monoisotopic (exact) mass is 356 g/mol. The smallest absolute Gasteiger partial charge is 0.306 e. The number of nitrogens with zero attached hydrogens (tertiary/aromatic N) is 2. The largest absolute Gasteiger partial charge is 0.489 e. The SMILES string of the molecule is O=C(O)CC1CN(C(=O)c2cccc(OCc3cccnc3)c2)CCO1. The maximum Gasteiger partial charge on any atom is 0.306 e. The number of benzene rings is 1. The molecule has 0 bridgehead atoms. The lowest BCUT2D eigenvalue weighted by Gasteiger charge is -2.32. The summed E-state index contributed by atoms with van der Waals surface area (Å²) in [5.41, 5.74) is 1.44. The number of carboxylic acid groups (broad SMARTS) is 1. The Balaban J connectivity index is 1.63. The number of pyridine rings is 1. The zero-order chi connectivity index (χ0) is 18.4. The van der Waals surface area contributed by atoms with E-state index in [0.717, 1.165) is 5.56 Å². The second-order valence-electron chi connectivity index (χ2n) is 6.02. The van der Waals surface area contributed by atoms with E-state index in [9.17, 15) is 9.59 Å². The second kappa shape index (κ2) is 8.44. The van der Waals surface area contributed by atoms with Crippen LogP contribution in [-0.4, -0.2) is 52.7 Å². The van der Waals surface area contributed by atoms with E-state index in [1.807, 2.05) is 12.1 Å². The second-order valence-corrected chi connectivity index (χ2v) is 6.02. The van der Waals surface area contributed by atoms with Gasteiger partial charge in [-0.25, -0.2) is 0 Å². The van der Waals surface area contributed by atoms with Crippen molar-refractivity contribution in [3.05, 3.63) is 59.9 Å². The Morgan fingerprint density at radius 2 is 2.19 bits per heavy atom. The fourth-order valence-electron chi connectivity index (χ4n) is 2.77. The van der Waals surface area contributed by atoms with Gasteiger partial charge in [0.1, 0.15) is 12.4 Å². The Hall–Kier alpha value is -2.93. The molecule has 136 valence electrons. The number of carboxylic acids is 1. The molecule has 0 aliphatic carbocycles. The van der Waals surface area contributed by atoms with Crippen LogP contribution >= 0.6 is 0 Å². The molecule has 1 unspecified atom stereocenters. The number of hydrogen-bond donors (Lipinski definition) is 1. The van der Waals surface area contributed by atoms with E-state index < -0.39 is 12.1 Å². The molecule has 0 saturated carbocycles. The fraction of sp³-hybridized carbons (Fsp3) is 0.316. The molecule has 1 fully saturated rings. The van der Waals surface area contributed by atoms with Crippen molar-refractivity contribution in [1.29, 1.82) is 0 Å². The first-order valence-corrected chi connectivity index (χ1v) is 8.36. The molecule has 7 nitrogen and oxygen atoms in total. The predicted molar refractivity (Wildman–Crippen MR) is 92.9 cm³/mol. The molecule has 1 aliphatic rings. The number of aromatic nitrogens is 1. The van der Waals surface area contributed by atoms with Crippen LogP contribution in [0.25, 0.3) is 0 Å². The van der Waals surface area contributed by atoms with Gasteiger partial charge in [0.2, 0.25) is 0 Å². The zero-order valence-corrected chi connectivity index (χ0v) is 14.2. The van der Waals surface area contributed by atoms with Crippen LogP contribution in [0, 0.1) is 0 Å². The molecular formula is C19H20N2O5. The molecule has 0 radical (unpaired) electrons. The minimum Gasteiger partial charge on any atom is -0.489 e. The molecule has 1 saturated heterocycles. The Morgan fingerprint density at radius 1 is 1.31 bits per heavy atom. The van der Waals surface area contributed by atoms with Gasteiger partial charge >= 0.3 is 5.97 Å². The molecule has 3 rings (SSSR count). The van der Waals surface area contributed by atoms with Crippen LogP contribution in [0.15, 0.2) is 48.8 Å². The minimum absolute atomic E-state index is 0.113. The van der Waals surface area contributed by atoms with Gasteiger partial charge in [-0.05, 0) is 24.3 Å². The van der Waals surface area contributed by atoms with Crippen molar-refractivity contribution in [1.82, 2.24) is 9.88 Å². The molecular weight excluding hydrogens is 336 g/mol. The Labute approximate surface area is 151 Å². The number of hydrogen-bond acceptors (Lipinski definition) is 5. The summed E-state index contributed by atoms with van der Waals surface area (Å²) in [4.78, 5) is 29.2. The van der Waals surface area contributed by atoms with Crippen molar-refractivity contribution < 1.29 is 24.2 Å². The van der Waals surface area contributed by atoms with Crippen LogP contribution < -0.4 is 4.74 Å². The lowest BCUT2D eigenvalue weighted by molar-refractivity contribution is -0.141. The predicted octanol–water partition coefficient (Wildman–Crippen LogP) is 1.98. The molecule has 1 aromatic heterocycles. The third-order valence-corrected chi connectivity index (χ3v) is 4.04. The maximum absolute atomic E-state index is 12.7. The first-order valence-electron chi connectivity index (χ1n) is 8.36. The standard InChI is InChI=1S/C19H20N2O5/c22-18(23)10-17-12-21(7-8-25-17)19(24)15-4-1-5-16(9-15)26-13-14-3-2-6-20-11-14/h1-6,9,11,17H,7-8,10,12-13H2,(H,22,23). The minimum atomic E-state index is -0.935. The van der Waals surface area contributed by atoms with E-state index in [-0.39, 0.29) is 18.9 Å². The molecule has 1 aromatic carbocycles. The van der Waals surface area contributed by atoms with Gasteiger partial charge in [-0.15, -0.1) is 0 Å². The van der Waals surface area contributed by atoms with E-state index in [2.05, 4.69) is 4.98 Å². The Bertz CT molecular complexity index is 766. The van der Waals surface area contributed by atoms with Crippen molar-refractivity contribution in [3.63, 3.8) is 0 Å². The molecule has 26 heavy (non-hydrogen) atoms. The summed E-state index contributed by atoms with van der Waals surface area (Å²) < 4.78 is 11.1. The van der Waals surface area contributed by atoms with Crippen LogP contribution in [0.4, 0.5) is 0 Å². The van der Waals surface area contributed by atoms with Crippen molar-refractivity contribution in [3.8, 4) is 5.75 Å². The highest BCUT2D eigenvalue weighted by Gasteiger charge is 2.26. The highest BCUT2D eigenvalue weighted by molar-refractivity contribution is 5.94. The Kier molecular flexibility index (Phi) is 5.80. The molecule has 0 spiro atoms. The average Bonchev–Trinajstić information content (AvgIpc) is 2.66. The van der Waals surface area contributed by atoms with Gasteiger partial charge in [0.15, 0.2) is 0 Å². The average molecular weight is 356 g/mol. The molecule has 2 heterocycles. The summed E-state index contributed by atoms with van der Waals surface area (Å²) in [5.74, 6) is -0.499. The van der Waals surface area contributed by atoms with Crippen molar-refractivity contribution in [2.75, 3.05) is 19.7 Å². The van der Waals surface area contributed by atoms with Crippen LogP contribution in [-0.2, 0) is 16.1 Å². The van der Waals surface area contributed by atoms with Crippen LogP contribution in [0.3, 0.4) is 0 Å². The maximum atomic E-state index is 12.7. The van der Waals surface area contributed by atoms with Gasteiger partial charge in [-0.2, -0.15) is 0 Å². The Morgan fingerprint density at radius 3 is 2.96 bits per heavy atom. The van der Waals surface area contributed by atoms with Gasteiger partial charge < -0.3 is 19.5 Å². The van der Waals surface area contributed by atoms with E-state index >= 15 is 0 Å². The molecule has 2 aromatic rings. The molecule has 7 heteroatoms. The molecule has 1 amide bonds. The normalized spacial score (nSPS) is 16.9. The van der Waals surface area contributed by atoms with E-state index in [1.54, 1.807) is 41.6 Å². The number of ether oxygens (including phenoxy) is 2. The first kappa shape index (κ1) is 17.9. The third kappa shape index (κ3) is 4.80. The van der Waals surface area contributed by atoms with E-state index in [4.69, 9.17) is 14.6 Å². The summed E-state index contributed by atoms with van der Waals surface area (Å²) in [6, 6.07) is 10.7. The van der Waals surface area contributed by atoms with Crippen molar-refractivity contribution in [2.24, 2.45) is 0 Å². The van der Waals surface area contributed by atoms with E-state index in [0.29, 0.717) is 31.1 Å². The van der Waals surface area contributed by atoms with Crippen molar-refractivity contribution in [2.45, 2.75) is 19.1 Å². The quantitative estimate of drug-likeness (QED) is 0.851. The van der Waals surface area contributed by atoms with Gasteiger partial charge in [-0.3, -0.25) is 14.6 Å². The topological polar surface area (TPSA) is 89.0 Å². The number of aliphatic carboxylic acids is 1. The van der Waals surface area contributed by atoms with Crippen molar-refractivity contribution >= 4 is 11.9 Å². The van der Waals surface area contributed by atoms with Crippen LogP contribution in [0.2, 0.25) is 0 Å². The lowest BCUT2D eigenvalue weighted by atomic mass is 10.1. The van der Waals surface area contributed by atoms with Gasteiger partial charge in [0.05, 0.1) is 19.1 Å². The first-order chi connectivity index (χ1) is 12.6. The highest BCUT2D eigenvalue weighted by atomic mass is 16.5. The summed E-state index contributed by atoms with van der Waals surface area (Å²) in [6.07, 6.45) is 2.83. The molecule has 1 atom stereocenters. The summed E-state index contributed by atoms with van der Waals surface area (Å²) in [5, 5.41) is 8.89. The van der Waals surface area contributed by atoms with Gasteiger partial charge in [0, 0.05) is 36.6 Å². The number of morpholine rings is 1. The van der Waals surface area contributed by atoms with Crippen LogP contribution in [0.5, 0.6) is 5.75 Å². The van der Waals surface area contributed by atoms with Crippen LogP contribution in [0.1, 0.15) is 22.3 Å². The summed E-state index contributed by atoms with van der Waals surface area (Å²) in [6.45, 7) is 1.41. The highest BCUT2D eigenvalue weighted by Crippen LogP contribution is 2.18. The fourth-order valence-corrected chi connectivity index (χ4v) is 2.77. The van der Waals surface area contributed by atoms with Gasteiger partial charge in [-0.1, -0.05) is 12.1 Å². The van der Waals surface area contributed by atoms with Gasteiger partial charge in [0.25, 0.3) is 5.91 Å². The van der Waals surface area contributed by atoms with E-state index in [1.165, 1.54) is 0 Å². The number of carbonyl (C=O) groups excluding carboxylic acids is 1. The molecule has 1 N–H and O–H groups in total. The number of carbonyl (C=O) groups is 2. The third-order valence-electron chi connectivity index (χ3n) is 4.04. The lowest BCUT2D eigenvalue weighted by Crippen LogP contribution is -2.46. The summed E-state index contributed by atoms with van der Waals surface area (Å²) >= 11 is 0.